The van der Waals surface area contributed by atoms with Gasteiger partial charge in [0.2, 0.25) is 0 Å². The summed E-state index contributed by atoms with van der Waals surface area (Å²) >= 11 is 0. The van der Waals surface area contributed by atoms with Gasteiger partial charge >= 0.3 is 5.69 Å². The zero-order valence-electron chi connectivity index (χ0n) is 9.35. The molecule has 5 heteroatoms. The predicted octanol–water partition coefficient (Wildman–Crippen LogP) is 1.07. The van der Waals surface area contributed by atoms with Gasteiger partial charge in [0.05, 0.1) is 6.07 Å². The standard InChI is InChI=1S/C11H16N4O/c12-7-3-1-4-9-15-11(16)14-8-5-2-6-10(14)13-15/h1-6,8-9H2. The molecule has 1 aromatic rings. The number of rotatable bonds is 4. The van der Waals surface area contributed by atoms with Crippen molar-refractivity contribution in [3.63, 3.8) is 0 Å². The second-order valence-electron chi connectivity index (χ2n) is 4.15. The lowest BCUT2D eigenvalue weighted by molar-refractivity contribution is 0.508. The third-order valence-electron chi connectivity index (χ3n) is 2.94. The minimum absolute atomic E-state index is 0.0201. The van der Waals surface area contributed by atoms with Gasteiger partial charge < -0.3 is 0 Å². The summed E-state index contributed by atoms with van der Waals surface area (Å²) in [6.07, 6.45) is 5.37. The van der Waals surface area contributed by atoms with E-state index in [9.17, 15) is 4.79 Å². The molecule has 0 radical (unpaired) electrons. The van der Waals surface area contributed by atoms with Crippen molar-refractivity contribution in [2.24, 2.45) is 0 Å². The van der Waals surface area contributed by atoms with E-state index in [-0.39, 0.29) is 5.69 Å². The highest BCUT2D eigenvalue weighted by molar-refractivity contribution is 4.91. The van der Waals surface area contributed by atoms with E-state index in [0.717, 1.165) is 44.5 Å². The lowest BCUT2D eigenvalue weighted by atomic mass is 10.2. The smallest absolute Gasteiger partial charge is 0.279 e. The molecule has 0 fully saturated rings. The summed E-state index contributed by atoms with van der Waals surface area (Å²) in [7, 11) is 0. The van der Waals surface area contributed by atoms with E-state index in [4.69, 9.17) is 5.26 Å². The molecule has 0 unspecified atom stereocenters. The summed E-state index contributed by atoms with van der Waals surface area (Å²) in [5.74, 6) is 0.927. The minimum atomic E-state index is 0.0201. The number of hydrogen-bond acceptors (Lipinski definition) is 3. The van der Waals surface area contributed by atoms with Crippen molar-refractivity contribution >= 4 is 0 Å². The number of hydrogen-bond donors (Lipinski definition) is 0. The molecule has 5 nitrogen and oxygen atoms in total. The second-order valence-corrected chi connectivity index (χ2v) is 4.15. The number of fused-ring (bicyclic) bond motifs is 1. The summed E-state index contributed by atoms with van der Waals surface area (Å²) in [5, 5.41) is 12.7. The summed E-state index contributed by atoms with van der Waals surface area (Å²) in [4.78, 5) is 11.9. The molecule has 0 N–H and O–H groups in total. The van der Waals surface area contributed by atoms with Crippen LogP contribution in [-0.2, 0) is 19.5 Å². The van der Waals surface area contributed by atoms with Crippen LogP contribution < -0.4 is 5.69 Å². The topological polar surface area (TPSA) is 63.6 Å². The van der Waals surface area contributed by atoms with Gasteiger partial charge in [-0.1, -0.05) is 0 Å². The Morgan fingerprint density at radius 1 is 1.38 bits per heavy atom. The zero-order chi connectivity index (χ0) is 11.4. The van der Waals surface area contributed by atoms with Crippen molar-refractivity contribution in [3.05, 3.63) is 16.3 Å². The van der Waals surface area contributed by atoms with Crippen LogP contribution in [0.15, 0.2) is 4.79 Å². The van der Waals surface area contributed by atoms with Crippen molar-refractivity contribution in [1.82, 2.24) is 14.3 Å². The number of nitriles is 1. The maximum atomic E-state index is 11.9. The molecule has 0 bridgehead atoms. The molecule has 2 heterocycles. The quantitative estimate of drug-likeness (QED) is 0.713. The Bertz CT molecular complexity index is 452. The number of aromatic nitrogens is 3. The molecule has 0 aliphatic carbocycles. The van der Waals surface area contributed by atoms with Gasteiger partial charge in [0, 0.05) is 25.9 Å². The van der Waals surface area contributed by atoms with Crippen LogP contribution in [0.3, 0.4) is 0 Å². The molecule has 86 valence electrons. The van der Waals surface area contributed by atoms with Gasteiger partial charge in [-0.2, -0.15) is 10.4 Å². The van der Waals surface area contributed by atoms with Crippen molar-refractivity contribution < 1.29 is 0 Å². The monoisotopic (exact) mass is 220 g/mol. The van der Waals surface area contributed by atoms with Crippen molar-refractivity contribution in [1.29, 1.82) is 5.26 Å². The fourth-order valence-electron chi connectivity index (χ4n) is 2.06. The maximum Gasteiger partial charge on any atom is 0.345 e. The minimum Gasteiger partial charge on any atom is -0.279 e. The summed E-state index contributed by atoms with van der Waals surface area (Å²) in [5.41, 5.74) is 0.0201. The van der Waals surface area contributed by atoms with E-state index in [0.29, 0.717) is 13.0 Å². The molecule has 0 aromatic carbocycles. The van der Waals surface area contributed by atoms with Crippen LogP contribution in [0.4, 0.5) is 0 Å². The van der Waals surface area contributed by atoms with Crippen LogP contribution in [0, 0.1) is 11.3 Å². The molecule has 0 amide bonds. The van der Waals surface area contributed by atoms with Gasteiger partial charge in [0.25, 0.3) is 0 Å². The Balaban J connectivity index is 2.02. The summed E-state index contributed by atoms with van der Waals surface area (Å²) < 4.78 is 3.34. The van der Waals surface area contributed by atoms with Gasteiger partial charge in [0.15, 0.2) is 0 Å². The van der Waals surface area contributed by atoms with E-state index >= 15 is 0 Å². The predicted molar refractivity (Wildman–Crippen MR) is 58.9 cm³/mol. The Kier molecular flexibility index (Phi) is 3.40. The van der Waals surface area contributed by atoms with E-state index < -0.39 is 0 Å². The molecular weight excluding hydrogens is 204 g/mol. The average molecular weight is 220 g/mol. The lowest BCUT2D eigenvalue weighted by Gasteiger charge is -2.09. The molecule has 1 aliphatic rings. The maximum absolute atomic E-state index is 11.9. The van der Waals surface area contributed by atoms with Crippen molar-refractivity contribution in [2.45, 2.75) is 51.6 Å². The third-order valence-corrected chi connectivity index (χ3v) is 2.94. The SMILES string of the molecule is N#CCCCCn1nc2n(c1=O)CCCC2. The molecule has 1 aliphatic heterocycles. The largest absolute Gasteiger partial charge is 0.345 e. The van der Waals surface area contributed by atoms with Crippen molar-refractivity contribution in [3.8, 4) is 6.07 Å². The molecule has 1 aromatic heterocycles. The third kappa shape index (κ3) is 2.16. The normalized spacial score (nSPS) is 14.4. The van der Waals surface area contributed by atoms with Crippen LogP contribution in [0.2, 0.25) is 0 Å². The van der Waals surface area contributed by atoms with E-state index in [1.807, 2.05) is 0 Å². The lowest BCUT2D eigenvalue weighted by Crippen LogP contribution is -2.27. The summed E-state index contributed by atoms with van der Waals surface area (Å²) in [6.45, 7) is 1.45. The molecule has 0 atom stereocenters. The van der Waals surface area contributed by atoms with Crippen LogP contribution in [-0.4, -0.2) is 14.3 Å². The second kappa shape index (κ2) is 4.97. The first-order chi connectivity index (χ1) is 7.83. The number of nitrogens with zero attached hydrogens (tertiary/aromatic N) is 4. The fraction of sp³-hybridized carbons (Fsp3) is 0.727. The van der Waals surface area contributed by atoms with Gasteiger partial charge in [-0.3, -0.25) is 4.57 Å². The van der Waals surface area contributed by atoms with Gasteiger partial charge in [-0.15, -0.1) is 0 Å². The van der Waals surface area contributed by atoms with E-state index in [1.165, 1.54) is 0 Å². The van der Waals surface area contributed by atoms with Gasteiger partial charge in [0.1, 0.15) is 5.82 Å². The molecule has 2 rings (SSSR count). The van der Waals surface area contributed by atoms with E-state index in [2.05, 4.69) is 11.2 Å². The summed E-state index contributed by atoms with van der Waals surface area (Å²) in [6, 6.07) is 2.10. The highest BCUT2D eigenvalue weighted by Crippen LogP contribution is 2.09. The first kappa shape index (κ1) is 10.9. The first-order valence-corrected chi connectivity index (χ1v) is 5.86. The molecule has 0 saturated heterocycles. The van der Waals surface area contributed by atoms with Crippen LogP contribution in [0.25, 0.3) is 0 Å². The number of unbranched alkanes of at least 4 members (excludes halogenated alkanes) is 2. The van der Waals surface area contributed by atoms with E-state index in [1.54, 1.807) is 9.25 Å². The highest BCUT2D eigenvalue weighted by atomic mass is 16.2. The highest BCUT2D eigenvalue weighted by Gasteiger charge is 2.15. The Morgan fingerprint density at radius 3 is 3.00 bits per heavy atom. The van der Waals surface area contributed by atoms with Gasteiger partial charge in [-0.05, 0) is 25.7 Å². The van der Waals surface area contributed by atoms with Crippen LogP contribution >= 0.6 is 0 Å². The van der Waals surface area contributed by atoms with Crippen LogP contribution in [0.1, 0.15) is 37.9 Å². The molecular formula is C11H16N4O. The number of aryl methyl sites for hydroxylation is 2. The molecule has 0 spiro atoms. The van der Waals surface area contributed by atoms with Crippen molar-refractivity contribution in [2.75, 3.05) is 0 Å². The Hall–Kier alpha value is -1.57. The average Bonchev–Trinajstić information content (AvgIpc) is 2.63. The first-order valence-electron chi connectivity index (χ1n) is 5.86. The molecule has 0 saturated carbocycles. The fourth-order valence-corrected chi connectivity index (χ4v) is 2.06. The zero-order valence-corrected chi connectivity index (χ0v) is 9.35. The van der Waals surface area contributed by atoms with Gasteiger partial charge in [-0.25, -0.2) is 9.48 Å². The Labute approximate surface area is 94.3 Å². The van der Waals surface area contributed by atoms with Crippen LogP contribution in [0.5, 0.6) is 0 Å². The molecule has 16 heavy (non-hydrogen) atoms. The Morgan fingerprint density at radius 2 is 2.25 bits per heavy atom.